The summed E-state index contributed by atoms with van der Waals surface area (Å²) in [6.45, 7) is 0. The van der Waals surface area contributed by atoms with Gasteiger partial charge in [-0.3, -0.25) is 10.1 Å². The Morgan fingerprint density at radius 1 is 1.05 bits per heavy atom. The maximum absolute atomic E-state index is 11.9. The molecule has 0 aromatic heterocycles. The van der Waals surface area contributed by atoms with E-state index >= 15 is 0 Å². The number of hydrogen-bond acceptors (Lipinski definition) is 3. The van der Waals surface area contributed by atoms with Crippen molar-refractivity contribution in [2.24, 2.45) is 0 Å². The van der Waals surface area contributed by atoms with Crippen LogP contribution in [0.5, 0.6) is 0 Å². The molecule has 0 atom stereocenters. The molecule has 2 aromatic rings. The van der Waals surface area contributed by atoms with Gasteiger partial charge < -0.3 is 11.1 Å². The highest BCUT2D eigenvalue weighted by molar-refractivity contribution is 6.35. The quantitative estimate of drug-likeness (QED) is 0.739. The van der Waals surface area contributed by atoms with E-state index in [2.05, 4.69) is 10.6 Å². The van der Waals surface area contributed by atoms with Crippen LogP contribution >= 0.6 is 23.2 Å². The second-order valence-corrected chi connectivity index (χ2v) is 4.96. The van der Waals surface area contributed by atoms with Gasteiger partial charge in [0.15, 0.2) is 0 Å². The normalized spacial score (nSPS) is 10.0. The zero-order valence-electron chi connectivity index (χ0n) is 10.7. The largest absolute Gasteiger partial charge is 0.398 e. The van der Waals surface area contributed by atoms with Gasteiger partial charge in [-0.1, -0.05) is 35.3 Å². The van der Waals surface area contributed by atoms with E-state index in [1.165, 1.54) is 18.2 Å². The fourth-order valence-electron chi connectivity index (χ4n) is 1.62. The fourth-order valence-corrected chi connectivity index (χ4v) is 1.96. The van der Waals surface area contributed by atoms with Gasteiger partial charge in [-0.2, -0.15) is 0 Å². The summed E-state index contributed by atoms with van der Waals surface area (Å²) in [4.78, 5) is 23.7. The van der Waals surface area contributed by atoms with Gasteiger partial charge in [-0.25, -0.2) is 4.79 Å². The van der Waals surface area contributed by atoms with E-state index < -0.39 is 11.9 Å². The third kappa shape index (κ3) is 3.87. The van der Waals surface area contributed by atoms with Gasteiger partial charge in [0.25, 0.3) is 5.91 Å². The minimum absolute atomic E-state index is 0.213. The van der Waals surface area contributed by atoms with Crippen molar-refractivity contribution in [1.82, 2.24) is 5.32 Å². The number of nitrogens with one attached hydrogen (secondary N) is 2. The lowest BCUT2D eigenvalue weighted by atomic mass is 10.2. The minimum Gasteiger partial charge on any atom is -0.398 e. The summed E-state index contributed by atoms with van der Waals surface area (Å²) in [6, 6.07) is 10.3. The molecule has 0 aliphatic rings. The standard InChI is InChI=1S/C14H11Cl2N3O2/c15-8-5-6-10(16)12(7-8)18-14(21)19-13(20)9-3-1-2-4-11(9)17/h1-7H,17H2,(H2,18,19,20,21). The van der Waals surface area contributed by atoms with Crippen molar-refractivity contribution in [2.45, 2.75) is 0 Å². The van der Waals surface area contributed by atoms with Crippen molar-refractivity contribution >= 4 is 46.5 Å². The van der Waals surface area contributed by atoms with Crippen LogP contribution in [0.15, 0.2) is 42.5 Å². The molecule has 0 radical (unpaired) electrons. The smallest absolute Gasteiger partial charge is 0.326 e. The number of imide groups is 1. The molecular weight excluding hydrogens is 313 g/mol. The van der Waals surface area contributed by atoms with Gasteiger partial charge in [0.05, 0.1) is 16.3 Å². The third-order valence-corrected chi connectivity index (χ3v) is 3.17. The maximum Gasteiger partial charge on any atom is 0.326 e. The lowest BCUT2D eigenvalue weighted by Gasteiger charge is -2.09. The van der Waals surface area contributed by atoms with Crippen LogP contribution in [0.1, 0.15) is 10.4 Å². The Kier molecular flexibility index (Phi) is 4.67. The Morgan fingerprint density at radius 2 is 1.76 bits per heavy atom. The molecule has 2 rings (SSSR count). The van der Waals surface area contributed by atoms with E-state index in [4.69, 9.17) is 28.9 Å². The molecule has 108 valence electrons. The molecule has 21 heavy (non-hydrogen) atoms. The van der Waals surface area contributed by atoms with E-state index in [1.54, 1.807) is 24.3 Å². The number of anilines is 2. The van der Waals surface area contributed by atoms with Crippen LogP contribution in [0.4, 0.5) is 16.2 Å². The number of nitrogens with two attached hydrogens (primary N) is 1. The van der Waals surface area contributed by atoms with Crippen molar-refractivity contribution in [3.63, 3.8) is 0 Å². The molecule has 3 amide bonds. The van der Waals surface area contributed by atoms with Crippen molar-refractivity contribution in [3.8, 4) is 0 Å². The summed E-state index contributed by atoms with van der Waals surface area (Å²) in [5, 5.41) is 5.32. The highest BCUT2D eigenvalue weighted by atomic mass is 35.5. The molecule has 4 N–H and O–H groups in total. The Balaban J connectivity index is 2.07. The van der Waals surface area contributed by atoms with Crippen molar-refractivity contribution in [3.05, 3.63) is 58.1 Å². The average Bonchev–Trinajstić information content (AvgIpc) is 2.43. The van der Waals surface area contributed by atoms with Gasteiger partial charge in [0.1, 0.15) is 0 Å². The number of carbonyl (C=O) groups is 2. The molecule has 0 bridgehead atoms. The zero-order valence-corrected chi connectivity index (χ0v) is 12.2. The lowest BCUT2D eigenvalue weighted by molar-refractivity contribution is 0.0968. The third-order valence-electron chi connectivity index (χ3n) is 2.61. The number of nitrogen functional groups attached to an aromatic ring is 1. The number of benzene rings is 2. The predicted octanol–water partition coefficient (Wildman–Crippen LogP) is 3.54. The van der Waals surface area contributed by atoms with Crippen molar-refractivity contribution in [1.29, 1.82) is 0 Å². The topological polar surface area (TPSA) is 84.2 Å². The first-order valence-corrected chi connectivity index (χ1v) is 6.65. The van der Waals surface area contributed by atoms with Gasteiger partial charge in [0, 0.05) is 10.7 Å². The summed E-state index contributed by atoms with van der Waals surface area (Å²) in [7, 11) is 0. The van der Waals surface area contributed by atoms with Crippen molar-refractivity contribution in [2.75, 3.05) is 11.1 Å². The molecule has 0 fully saturated rings. The van der Waals surface area contributed by atoms with Crippen LogP contribution in [0.2, 0.25) is 10.0 Å². The van der Waals surface area contributed by atoms with E-state index in [0.29, 0.717) is 15.7 Å². The van der Waals surface area contributed by atoms with E-state index in [0.717, 1.165) is 0 Å². The monoisotopic (exact) mass is 323 g/mol. The Hall–Kier alpha value is -2.24. The highest BCUT2D eigenvalue weighted by Gasteiger charge is 2.13. The molecule has 2 aromatic carbocycles. The van der Waals surface area contributed by atoms with Gasteiger partial charge in [-0.05, 0) is 30.3 Å². The summed E-state index contributed by atoms with van der Waals surface area (Å²) in [5.41, 5.74) is 6.46. The molecule has 5 nitrogen and oxygen atoms in total. The minimum atomic E-state index is -0.729. The maximum atomic E-state index is 11.9. The van der Waals surface area contributed by atoms with Crippen LogP contribution in [-0.2, 0) is 0 Å². The van der Waals surface area contributed by atoms with Crippen LogP contribution in [-0.4, -0.2) is 11.9 Å². The van der Waals surface area contributed by atoms with Gasteiger partial charge >= 0.3 is 6.03 Å². The number of amides is 3. The highest BCUT2D eigenvalue weighted by Crippen LogP contribution is 2.25. The molecule has 0 aliphatic heterocycles. The number of para-hydroxylation sites is 1. The van der Waals surface area contributed by atoms with Crippen LogP contribution in [0, 0.1) is 0 Å². The van der Waals surface area contributed by atoms with E-state index in [1.807, 2.05) is 0 Å². The second-order valence-electron chi connectivity index (χ2n) is 4.12. The summed E-state index contributed by atoms with van der Waals surface area (Å²) < 4.78 is 0. The number of hydrogen-bond donors (Lipinski definition) is 3. The SMILES string of the molecule is Nc1ccccc1C(=O)NC(=O)Nc1cc(Cl)ccc1Cl. The number of halogens is 2. The molecule has 0 unspecified atom stereocenters. The molecule has 0 saturated heterocycles. The first kappa shape index (κ1) is 15.2. The lowest BCUT2D eigenvalue weighted by Crippen LogP contribution is -2.34. The second kappa shape index (κ2) is 6.47. The van der Waals surface area contributed by atoms with Crippen LogP contribution < -0.4 is 16.4 Å². The molecule has 0 aliphatic carbocycles. The summed E-state index contributed by atoms with van der Waals surface area (Å²) in [5.74, 6) is -0.608. The summed E-state index contributed by atoms with van der Waals surface area (Å²) >= 11 is 11.7. The van der Waals surface area contributed by atoms with Crippen molar-refractivity contribution < 1.29 is 9.59 Å². The Labute approximate surface area is 131 Å². The molecule has 0 saturated carbocycles. The van der Waals surface area contributed by atoms with E-state index in [9.17, 15) is 9.59 Å². The molecular formula is C14H11Cl2N3O2. The summed E-state index contributed by atoms with van der Waals surface area (Å²) in [6.07, 6.45) is 0. The van der Waals surface area contributed by atoms with E-state index in [-0.39, 0.29) is 11.3 Å². The van der Waals surface area contributed by atoms with Crippen LogP contribution in [0.25, 0.3) is 0 Å². The first-order valence-electron chi connectivity index (χ1n) is 5.89. The zero-order chi connectivity index (χ0) is 15.4. The van der Waals surface area contributed by atoms with Gasteiger partial charge in [-0.15, -0.1) is 0 Å². The predicted molar refractivity (Wildman–Crippen MR) is 83.8 cm³/mol. The average molecular weight is 324 g/mol. The molecule has 7 heteroatoms. The fraction of sp³-hybridized carbons (Fsp3) is 0. The molecule has 0 heterocycles. The first-order chi connectivity index (χ1) is 9.97. The number of urea groups is 1. The number of rotatable bonds is 2. The molecule has 0 spiro atoms. The van der Waals surface area contributed by atoms with Crippen LogP contribution in [0.3, 0.4) is 0 Å². The Bertz CT molecular complexity index is 704. The van der Waals surface area contributed by atoms with Gasteiger partial charge in [0.2, 0.25) is 0 Å². The number of carbonyl (C=O) groups excluding carboxylic acids is 2. The Morgan fingerprint density at radius 3 is 2.48 bits per heavy atom.